The molecule has 0 spiro atoms. The van der Waals surface area contributed by atoms with Crippen molar-refractivity contribution in [1.29, 1.82) is 0 Å². The van der Waals surface area contributed by atoms with Crippen molar-refractivity contribution in [3.63, 3.8) is 0 Å². The molecule has 0 aliphatic rings. The lowest BCUT2D eigenvalue weighted by Crippen LogP contribution is -2.05. The smallest absolute Gasteiger partial charge is 0.269 e. The molecule has 1 heterocycles. The fourth-order valence-electron chi connectivity index (χ4n) is 1.70. The Morgan fingerprint density at radius 2 is 2.10 bits per heavy atom. The number of benzene rings is 1. The van der Waals surface area contributed by atoms with Gasteiger partial charge >= 0.3 is 0 Å². The number of nitro benzene ring substituents is 1. The maximum absolute atomic E-state index is 10.7. The average Bonchev–Trinajstić information content (AvgIpc) is 2.41. The molecule has 0 saturated heterocycles. The van der Waals surface area contributed by atoms with Gasteiger partial charge < -0.3 is 10.5 Å². The first-order chi connectivity index (χ1) is 9.47. The van der Waals surface area contributed by atoms with E-state index >= 15 is 0 Å². The van der Waals surface area contributed by atoms with Gasteiger partial charge in [0.15, 0.2) is 0 Å². The first-order valence-corrected chi connectivity index (χ1v) is 6.12. The van der Waals surface area contributed by atoms with E-state index in [1.165, 1.54) is 12.1 Å². The van der Waals surface area contributed by atoms with Crippen LogP contribution >= 0.6 is 0 Å². The minimum atomic E-state index is -0.438. The molecule has 0 radical (unpaired) electrons. The molecule has 0 aliphatic carbocycles. The monoisotopic (exact) mass is 273 g/mol. The molecule has 0 fully saturated rings. The molecule has 2 aromatic rings. The topological polar surface area (TPSA) is 91.3 Å². The van der Waals surface area contributed by atoms with Gasteiger partial charge in [0.25, 0.3) is 5.69 Å². The second-order valence-electron chi connectivity index (χ2n) is 4.53. The maximum atomic E-state index is 10.7. The maximum Gasteiger partial charge on any atom is 0.269 e. The summed E-state index contributed by atoms with van der Waals surface area (Å²) in [5.41, 5.74) is 7.37. The quantitative estimate of drug-likeness (QED) is 0.682. The van der Waals surface area contributed by atoms with Crippen LogP contribution in [0.15, 0.2) is 36.5 Å². The van der Waals surface area contributed by atoms with Crippen molar-refractivity contribution in [3.05, 3.63) is 57.8 Å². The van der Waals surface area contributed by atoms with Crippen LogP contribution in [0.4, 0.5) is 5.69 Å². The lowest BCUT2D eigenvalue weighted by atomic mass is 10.1. The van der Waals surface area contributed by atoms with Crippen LogP contribution in [0.2, 0.25) is 0 Å². The number of aromatic nitrogens is 1. The van der Waals surface area contributed by atoms with Crippen LogP contribution in [-0.2, 0) is 0 Å². The molecule has 0 bridgehead atoms. The van der Waals surface area contributed by atoms with Crippen molar-refractivity contribution in [3.8, 4) is 11.6 Å². The Balaban J connectivity index is 2.19. The fraction of sp³-hybridized carbons (Fsp3) is 0.214. The summed E-state index contributed by atoms with van der Waals surface area (Å²) in [6.45, 7) is 3.62. The third kappa shape index (κ3) is 3.10. The highest BCUT2D eigenvalue weighted by molar-refractivity contribution is 5.44. The molecule has 6 heteroatoms. The second kappa shape index (κ2) is 5.66. The first kappa shape index (κ1) is 14.0. The van der Waals surface area contributed by atoms with Crippen molar-refractivity contribution in [1.82, 2.24) is 4.98 Å². The molecule has 1 atom stereocenters. The van der Waals surface area contributed by atoms with Crippen LogP contribution in [0.3, 0.4) is 0 Å². The highest BCUT2D eigenvalue weighted by Crippen LogP contribution is 2.27. The number of aryl methyl sites for hydroxylation is 1. The zero-order valence-corrected chi connectivity index (χ0v) is 11.2. The van der Waals surface area contributed by atoms with Crippen molar-refractivity contribution >= 4 is 5.69 Å². The van der Waals surface area contributed by atoms with E-state index < -0.39 is 4.92 Å². The predicted molar refractivity (Wildman–Crippen MR) is 74.7 cm³/mol. The molecule has 0 amide bonds. The molecule has 2 N–H and O–H groups in total. The molecule has 1 aromatic heterocycles. The summed E-state index contributed by atoms with van der Waals surface area (Å²) in [5, 5.41) is 10.7. The summed E-state index contributed by atoms with van der Waals surface area (Å²) in [4.78, 5) is 14.4. The van der Waals surface area contributed by atoms with Gasteiger partial charge in [-0.1, -0.05) is 6.07 Å². The Bertz CT molecular complexity index is 624. The van der Waals surface area contributed by atoms with Crippen LogP contribution in [-0.4, -0.2) is 9.91 Å². The van der Waals surface area contributed by atoms with E-state index in [2.05, 4.69) is 4.98 Å². The van der Waals surface area contributed by atoms with Crippen LogP contribution in [0, 0.1) is 17.0 Å². The largest absolute Gasteiger partial charge is 0.439 e. The van der Waals surface area contributed by atoms with Gasteiger partial charge in [0.05, 0.1) is 4.92 Å². The number of ether oxygens (including phenoxy) is 1. The lowest BCUT2D eigenvalue weighted by molar-refractivity contribution is -0.384. The first-order valence-electron chi connectivity index (χ1n) is 6.12. The number of pyridine rings is 1. The van der Waals surface area contributed by atoms with E-state index in [1.807, 2.05) is 13.0 Å². The summed E-state index contributed by atoms with van der Waals surface area (Å²) in [5.74, 6) is 0.961. The van der Waals surface area contributed by atoms with E-state index in [4.69, 9.17) is 10.5 Å². The highest BCUT2D eigenvalue weighted by Gasteiger charge is 2.10. The van der Waals surface area contributed by atoms with E-state index in [9.17, 15) is 10.1 Å². The van der Waals surface area contributed by atoms with E-state index in [0.717, 1.165) is 5.56 Å². The normalized spacial score (nSPS) is 11.9. The summed E-state index contributed by atoms with van der Waals surface area (Å²) in [6.07, 6.45) is 1.65. The summed E-state index contributed by atoms with van der Waals surface area (Å²) in [7, 11) is 0. The van der Waals surface area contributed by atoms with Gasteiger partial charge in [-0.15, -0.1) is 0 Å². The molecule has 6 nitrogen and oxygen atoms in total. The molecular weight excluding hydrogens is 258 g/mol. The van der Waals surface area contributed by atoms with Crippen molar-refractivity contribution in [2.24, 2.45) is 5.73 Å². The van der Waals surface area contributed by atoms with E-state index in [-0.39, 0.29) is 11.7 Å². The Morgan fingerprint density at radius 1 is 1.35 bits per heavy atom. The number of rotatable bonds is 4. The van der Waals surface area contributed by atoms with E-state index in [1.54, 1.807) is 25.3 Å². The van der Waals surface area contributed by atoms with Gasteiger partial charge in [0.1, 0.15) is 5.75 Å². The molecule has 104 valence electrons. The molecular formula is C14H15N3O3. The molecule has 2 rings (SSSR count). The van der Waals surface area contributed by atoms with Gasteiger partial charge in [0, 0.05) is 30.4 Å². The third-order valence-corrected chi connectivity index (χ3v) is 2.87. The molecule has 0 unspecified atom stereocenters. The molecule has 0 saturated carbocycles. The number of nitro groups is 1. The van der Waals surface area contributed by atoms with Crippen LogP contribution in [0.5, 0.6) is 11.6 Å². The highest BCUT2D eigenvalue weighted by atomic mass is 16.6. The standard InChI is InChI=1S/C14H15N3O3/c1-9-7-12(17(18)19)4-5-13(9)20-14-6-3-11(8-16-14)10(2)15/h3-8,10H,15H2,1-2H3/t10-/m0/s1. The van der Waals surface area contributed by atoms with Crippen LogP contribution < -0.4 is 10.5 Å². The number of non-ortho nitro benzene ring substituents is 1. The predicted octanol–water partition coefficient (Wildman–Crippen LogP) is 3.11. The van der Waals surface area contributed by atoms with Crippen LogP contribution in [0.25, 0.3) is 0 Å². The van der Waals surface area contributed by atoms with Gasteiger partial charge in [-0.3, -0.25) is 10.1 Å². The Hall–Kier alpha value is -2.47. The third-order valence-electron chi connectivity index (χ3n) is 2.87. The van der Waals surface area contributed by atoms with Crippen molar-refractivity contribution < 1.29 is 9.66 Å². The Labute approximate surface area is 116 Å². The number of nitrogens with zero attached hydrogens (tertiary/aromatic N) is 2. The summed E-state index contributed by atoms with van der Waals surface area (Å²) >= 11 is 0. The SMILES string of the molecule is Cc1cc([N+](=O)[O-])ccc1Oc1ccc([C@H](C)N)cn1. The summed E-state index contributed by atoms with van der Waals surface area (Å²) < 4.78 is 5.60. The van der Waals surface area contributed by atoms with Gasteiger partial charge in [-0.05, 0) is 31.0 Å². The zero-order valence-electron chi connectivity index (χ0n) is 11.2. The van der Waals surface area contributed by atoms with Gasteiger partial charge in [0.2, 0.25) is 5.88 Å². The molecule has 0 aliphatic heterocycles. The van der Waals surface area contributed by atoms with E-state index in [0.29, 0.717) is 17.2 Å². The number of hydrogen-bond donors (Lipinski definition) is 1. The minimum absolute atomic E-state index is 0.0371. The second-order valence-corrected chi connectivity index (χ2v) is 4.53. The Kier molecular flexibility index (Phi) is 3.95. The van der Waals surface area contributed by atoms with Gasteiger partial charge in [-0.2, -0.15) is 0 Å². The zero-order chi connectivity index (χ0) is 14.7. The molecule has 1 aromatic carbocycles. The average molecular weight is 273 g/mol. The van der Waals surface area contributed by atoms with Crippen molar-refractivity contribution in [2.75, 3.05) is 0 Å². The Morgan fingerprint density at radius 3 is 2.60 bits per heavy atom. The minimum Gasteiger partial charge on any atom is -0.439 e. The number of hydrogen-bond acceptors (Lipinski definition) is 5. The lowest BCUT2D eigenvalue weighted by Gasteiger charge is -2.09. The summed E-state index contributed by atoms with van der Waals surface area (Å²) in [6, 6.07) is 7.91. The molecule has 20 heavy (non-hydrogen) atoms. The van der Waals surface area contributed by atoms with Crippen molar-refractivity contribution in [2.45, 2.75) is 19.9 Å². The van der Waals surface area contributed by atoms with Crippen LogP contribution in [0.1, 0.15) is 24.1 Å². The number of nitrogens with two attached hydrogens (primary N) is 1. The fourth-order valence-corrected chi connectivity index (χ4v) is 1.70. The van der Waals surface area contributed by atoms with Gasteiger partial charge in [-0.25, -0.2) is 4.98 Å².